The van der Waals surface area contributed by atoms with Crippen LogP contribution >= 0.6 is 15.9 Å². The predicted molar refractivity (Wildman–Crippen MR) is 86.1 cm³/mol. The van der Waals surface area contributed by atoms with Gasteiger partial charge >= 0.3 is 0 Å². The normalized spacial score (nSPS) is 12.6. The minimum absolute atomic E-state index is 0.000185. The molecule has 0 aliphatic rings. The lowest BCUT2D eigenvalue weighted by Crippen LogP contribution is -2.15. The Bertz CT molecular complexity index is 652. The monoisotopic (exact) mass is 351 g/mol. The zero-order valence-electron chi connectivity index (χ0n) is 12.0. The summed E-state index contributed by atoms with van der Waals surface area (Å²) >= 11 is 3.32. The van der Waals surface area contributed by atoms with Gasteiger partial charge in [-0.05, 0) is 39.0 Å². The van der Waals surface area contributed by atoms with Crippen molar-refractivity contribution in [1.82, 2.24) is 4.57 Å². The largest absolute Gasteiger partial charge is 0.350 e. The lowest BCUT2D eigenvalue weighted by atomic mass is 10.00. The predicted octanol–water partition coefficient (Wildman–Crippen LogP) is 3.86. The molecule has 1 unspecified atom stereocenters. The van der Waals surface area contributed by atoms with Crippen LogP contribution in [-0.4, -0.2) is 9.49 Å². The van der Waals surface area contributed by atoms with Gasteiger partial charge in [0.2, 0.25) is 0 Å². The summed E-state index contributed by atoms with van der Waals surface area (Å²) in [6, 6.07) is 7.06. The fraction of sp³-hybridized carbons (Fsp3) is 0.333. The number of nitro benzene ring substituents is 1. The number of nitrogens with two attached hydrogens (primary N) is 1. The van der Waals surface area contributed by atoms with Gasteiger partial charge in [-0.2, -0.15) is 0 Å². The van der Waals surface area contributed by atoms with Crippen LogP contribution in [0.2, 0.25) is 0 Å². The van der Waals surface area contributed by atoms with E-state index in [0.29, 0.717) is 16.9 Å². The van der Waals surface area contributed by atoms with Gasteiger partial charge in [-0.3, -0.25) is 10.1 Å². The average molecular weight is 352 g/mol. The first kappa shape index (κ1) is 15.7. The molecule has 2 aromatic rings. The molecule has 0 fully saturated rings. The van der Waals surface area contributed by atoms with Crippen LogP contribution in [0.3, 0.4) is 0 Å². The smallest absolute Gasteiger partial charge is 0.283 e. The van der Waals surface area contributed by atoms with Crippen molar-refractivity contribution in [3.63, 3.8) is 0 Å². The number of nitro groups is 1. The Hall–Kier alpha value is -1.66. The number of aromatic nitrogens is 1. The fourth-order valence-corrected chi connectivity index (χ4v) is 2.70. The Morgan fingerprint density at radius 3 is 2.71 bits per heavy atom. The highest BCUT2D eigenvalue weighted by Crippen LogP contribution is 2.29. The van der Waals surface area contributed by atoms with Gasteiger partial charge in [-0.1, -0.05) is 26.0 Å². The van der Waals surface area contributed by atoms with Gasteiger partial charge in [-0.25, -0.2) is 0 Å². The quantitative estimate of drug-likeness (QED) is 0.656. The molecular weight excluding hydrogens is 334 g/mol. The van der Waals surface area contributed by atoms with Crippen molar-refractivity contribution in [2.45, 2.75) is 26.4 Å². The van der Waals surface area contributed by atoms with E-state index >= 15 is 0 Å². The molecule has 1 heterocycles. The Kier molecular flexibility index (Phi) is 4.80. The van der Waals surface area contributed by atoms with Crippen molar-refractivity contribution in [1.29, 1.82) is 0 Å². The third-order valence-corrected chi connectivity index (χ3v) is 4.40. The first-order valence-electron chi connectivity index (χ1n) is 6.73. The van der Waals surface area contributed by atoms with E-state index in [2.05, 4.69) is 29.8 Å². The second-order valence-corrected chi connectivity index (χ2v) is 6.19. The topological polar surface area (TPSA) is 74.1 Å². The SMILES string of the molecule is CC(C)C(N)c1ccn(Cc2cccc([N+](=O)[O-])c2Br)c1. The van der Waals surface area contributed by atoms with E-state index in [9.17, 15) is 10.1 Å². The second kappa shape index (κ2) is 6.41. The van der Waals surface area contributed by atoms with Crippen molar-refractivity contribution >= 4 is 21.6 Å². The van der Waals surface area contributed by atoms with Gasteiger partial charge in [0.1, 0.15) is 4.47 Å². The lowest BCUT2D eigenvalue weighted by Gasteiger charge is -2.13. The Morgan fingerprint density at radius 1 is 1.38 bits per heavy atom. The van der Waals surface area contributed by atoms with E-state index in [1.54, 1.807) is 6.07 Å². The molecule has 0 spiro atoms. The molecule has 0 aliphatic heterocycles. The highest BCUT2D eigenvalue weighted by molar-refractivity contribution is 9.10. The first-order valence-corrected chi connectivity index (χ1v) is 7.52. The van der Waals surface area contributed by atoms with Crippen molar-refractivity contribution in [2.75, 3.05) is 0 Å². The average Bonchev–Trinajstić information content (AvgIpc) is 2.88. The molecule has 0 bridgehead atoms. The first-order chi connectivity index (χ1) is 9.90. The maximum absolute atomic E-state index is 10.9. The highest BCUT2D eigenvalue weighted by Gasteiger charge is 2.16. The van der Waals surface area contributed by atoms with Gasteiger partial charge in [-0.15, -0.1) is 0 Å². The van der Waals surface area contributed by atoms with Crippen molar-refractivity contribution < 1.29 is 4.92 Å². The summed E-state index contributed by atoms with van der Waals surface area (Å²) in [4.78, 5) is 10.6. The van der Waals surface area contributed by atoms with Crippen LogP contribution in [0.5, 0.6) is 0 Å². The van der Waals surface area contributed by atoms with Crippen LogP contribution in [0, 0.1) is 16.0 Å². The van der Waals surface area contributed by atoms with E-state index < -0.39 is 0 Å². The molecule has 0 aliphatic carbocycles. The third kappa shape index (κ3) is 3.51. The molecule has 5 nitrogen and oxygen atoms in total. The summed E-state index contributed by atoms with van der Waals surface area (Å²) in [7, 11) is 0. The molecule has 2 rings (SSSR count). The summed E-state index contributed by atoms with van der Waals surface area (Å²) in [6.45, 7) is 4.73. The highest BCUT2D eigenvalue weighted by atomic mass is 79.9. The zero-order valence-corrected chi connectivity index (χ0v) is 13.6. The minimum Gasteiger partial charge on any atom is -0.350 e. The number of hydrogen-bond acceptors (Lipinski definition) is 3. The van der Waals surface area contributed by atoms with Crippen LogP contribution in [0.15, 0.2) is 41.1 Å². The Morgan fingerprint density at radius 2 is 2.10 bits per heavy atom. The van der Waals surface area contributed by atoms with Crippen LogP contribution in [-0.2, 0) is 6.54 Å². The summed E-state index contributed by atoms with van der Waals surface area (Å²) in [6.07, 6.45) is 3.94. The third-order valence-electron chi connectivity index (χ3n) is 3.48. The number of rotatable bonds is 5. The molecule has 0 saturated heterocycles. The van der Waals surface area contributed by atoms with E-state index in [1.807, 2.05) is 29.1 Å². The number of benzene rings is 1. The Balaban J connectivity index is 2.23. The molecule has 1 aromatic carbocycles. The second-order valence-electron chi connectivity index (χ2n) is 5.39. The van der Waals surface area contributed by atoms with Crippen molar-refractivity contribution in [3.05, 3.63) is 62.4 Å². The van der Waals surface area contributed by atoms with Crippen LogP contribution in [0.1, 0.15) is 31.0 Å². The molecule has 1 aromatic heterocycles. The summed E-state index contributed by atoms with van der Waals surface area (Å²) < 4.78 is 2.51. The number of nitrogens with zero attached hydrogens (tertiary/aromatic N) is 2. The maximum Gasteiger partial charge on any atom is 0.283 e. The number of hydrogen-bond donors (Lipinski definition) is 1. The maximum atomic E-state index is 10.9. The van der Waals surface area contributed by atoms with Gasteiger partial charge in [0.25, 0.3) is 5.69 Å². The molecule has 6 heteroatoms. The zero-order chi connectivity index (χ0) is 15.6. The van der Waals surface area contributed by atoms with E-state index in [0.717, 1.165) is 11.1 Å². The molecule has 2 N–H and O–H groups in total. The minimum atomic E-state index is -0.386. The summed E-state index contributed by atoms with van der Waals surface area (Å²) in [5, 5.41) is 10.9. The van der Waals surface area contributed by atoms with Gasteiger partial charge in [0.05, 0.1) is 4.92 Å². The standard InChI is InChI=1S/C15H18BrN3O2/c1-10(2)15(17)12-6-7-18(9-12)8-11-4-3-5-13(14(11)16)19(20)21/h3-7,9-10,15H,8,17H2,1-2H3. The molecule has 1 atom stereocenters. The molecule has 21 heavy (non-hydrogen) atoms. The summed E-state index contributed by atoms with van der Waals surface area (Å²) in [5.74, 6) is 0.366. The molecule has 0 saturated carbocycles. The van der Waals surface area contributed by atoms with Crippen LogP contribution in [0.25, 0.3) is 0 Å². The van der Waals surface area contributed by atoms with Crippen LogP contribution in [0.4, 0.5) is 5.69 Å². The number of halogens is 1. The van der Waals surface area contributed by atoms with Gasteiger partial charge in [0.15, 0.2) is 0 Å². The summed E-state index contributed by atoms with van der Waals surface area (Å²) in [5.41, 5.74) is 8.15. The molecular formula is C15H18BrN3O2. The van der Waals surface area contributed by atoms with Crippen molar-refractivity contribution in [2.24, 2.45) is 11.7 Å². The van der Waals surface area contributed by atoms with Gasteiger partial charge in [0, 0.05) is 31.0 Å². The fourth-order valence-electron chi connectivity index (χ4n) is 2.17. The lowest BCUT2D eigenvalue weighted by molar-refractivity contribution is -0.385. The van der Waals surface area contributed by atoms with E-state index in [-0.39, 0.29) is 16.7 Å². The molecule has 0 amide bonds. The van der Waals surface area contributed by atoms with E-state index in [4.69, 9.17) is 5.73 Å². The molecule has 0 radical (unpaired) electrons. The van der Waals surface area contributed by atoms with Crippen LogP contribution < -0.4 is 5.73 Å². The Labute approximate surface area is 132 Å². The van der Waals surface area contributed by atoms with Crippen molar-refractivity contribution in [3.8, 4) is 0 Å². The van der Waals surface area contributed by atoms with E-state index in [1.165, 1.54) is 6.07 Å². The molecule has 112 valence electrons. The van der Waals surface area contributed by atoms with Gasteiger partial charge < -0.3 is 10.3 Å².